The maximum Gasteiger partial charge on any atom is 0.275 e. The fourth-order valence-corrected chi connectivity index (χ4v) is 3.05. The van der Waals surface area contributed by atoms with Gasteiger partial charge in [0.1, 0.15) is 17.7 Å². The average molecular weight is 439 g/mol. The molecule has 1 aromatic carbocycles. The zero-order chi connectivity index (χ0) is 23.3. The van der Waals surface area contributed by atoms with Crippen molar-refractivity contribution in [3.8, 4) is 0 Å². The van der Waals surface area contributed by atoms with Crippen LogP contribution in [0.2, 0.25) is 0 Å². The molecule has 0 aliphatic rings. The van der Waals surface area contributed by atoms with Gasteiger partial charge < -0.3 is 5.32 Å². The topological polar surface area (TPSA) is 80.1 Å². The van der Waals surface area contributed by atoms with Crippen LogP contribution in [0.3, 0.4) is 0 Å². The summed E-state index contributed by atoms with van der Waals surface area (Å²) in [5.41, 5.74) is 0.243. The zero-order valence-electron chi connectivity index (χ0n) is 17.7. The summed E-state index contributed by atoms with van der Waals surface area (Å²) in [4.78, 5) is 31.3. The lowest BCUT2D eigenvalue weighted by Crippen LogP contribution is -2.51. The molecule has 2 heterocycles. The molecule has 2 aromatic heterocycles. The predicted octanol–water partition coefficient (Wildman–Crippen LogP) is 3.19. The Labute approximate surface area is 184 Å². The smallest absolute Gasteiger partial charge is 0.275 e. The number of halogens is 2. The van der Waals surface area contributed by atoms with Crippen molar-refractivity contribution >= 4 is 17.6 Å². The van der Waals surface area contributed by atoms with Gasteiger partial charge in [0.15, 0.2) is 11.5 Å². The Hall–Kier alpha value is -3.88. The number of hydrogen-bond donors (Lipinski definition) is 1. The highest BCUT2D eigenvalue weighted by Gasteiger charge is 2.31. The molecule has 0 unspecified atom stereocenters. The number of aromatic nitrogens is 3. The second-order valence-corrected chi connectivity index (χ2v) is 7.28. The lowest BCUT2D eigenvalue weighted by molar-refractivity contribution is -0.120. The number of hydrogen-bond acceptors (Lipinski definition) is 4. The van der Waals surface area contributed by atoms with E-state index >= 15 is 0 Å². The van der Waals surface area contributed by atoms with Crippen molar-refractivity contribution in [1.29, 1.82) is 0 Å². The molecule has 166 valence electrons. The quantitative estimate of drug-likeness (QED) is 0.547. The van der Waals surface area contributed by atoms with Gasteiger partial charge in [0.25, 0.3) is 11.8 Å². The molecule has 0 saturated heterocycles. The van der Waals surface area contributed by atoms with Crippen molar-refractivity contribution in [3.63, 3.8) is 0 Å². The minimum atomic E-state index is -1.01. The number of carbonyl (C=O) groups is 2. The van der Waals surface area contributed by atoms with E-state index in [1.807, 2.05) is 0 Å². The molecule has 2 atom stereocenters. The summed E-state index contributed by atoms with van der Waals surface area (Å²) < 4.78 is 28.8. The van der Waals surface area contributed by atoms with Gasteiger partial charge >= 0.3 is 0 Å². The largest absolute Gasteiger partial charge is 0.338 e. The van der Waals surface area contributed by atoms with E-state index in [4.69, 9.17) is 0 Å². The van der Waals surface area contributed by atoms with Gasteiger partial charge in [-0.1, -0.05) is 31.2 Å². The number of amides is 2. The number of anilines is 1. The molecule has 3 rings (SSSR count). The molecule has 3 aromatic rings. The predicted molar refractivity (Wildman–Crippen MR) is 116 cm³/mol. The number of pyridine rings is 1. The highest BCUT2D eigenvalue weighted by molar-refractivity contribution is 6.01. The van der Waals surface area contributed by atoms with Crippen LogP contribution in [0.4, 0.5) is 14.6 Å². The minimum Gasteiger partial charge on any atom is -0.338 e. The Balaban J connectivity index is 1.77. The number of nitrogens with zero attached hydrogens (tertiary/aromatic N) is 4. The van der Waals surface area contributed by atoms with Crippen LogP contribution in [-0.4, -0.2) is 39.7 Å². The van der Waals surface area contributed by atoms with E-state index in [0.29, 0.717) is 11.4 Å². The average Bonchev–Trinajstić information content (AvgIpc) is 3.18. The maximum absolute atomic E-state index is 14.5. The molecule has 0 aliphatic heterocycles. The van der Waals surface area contributed by atoms with Crippen LogP contribution < -0.4 is 10.2 Å². The van der Waals surface area contributed by atoms with Crippen LogP contribution in [0.25, 0.3) is 0 Å². The Morgan fingerprint density at radius 2 is 1.94 bits per heavy atom. The standard InChI is InChI=1S/C23H23F2N5O2/c1-4-15(2)20(23(32)29(3)19-7-5-6-12-26-19)27-22(31)21-18(25)14-30(28-21)13-16-8-10-17(24)11-9-16/h4-12,14-15,20H,1,13H2,2-3H3,(H,27,31)/t15-,20+/m1/s1. The molecule has 0 saturated carbocycles. The van der Waals surface area contributed by atoms with Gasteiger partial charge in [-0.05, 0) is 29.8 Å². The van der Waals surface area contributed by atoms with Crippen LogP contribution in [0, 0.1) is 17.6 Å². The van der Waals surface area contributed by atoms with Crippen LogP contribution >= 0.6 is 0 Å². The van der Waals surface area contributed by atoms with E-state index in [-0.39, 0.29) is 12.4 Å². The van der Waals surface area contributed by atoms with Gasteiger partial charge in [-0.3, -0.25) is 19.2 Å². The summed E-state index contributed by atoms with van der Waals surface area (Å²) in [5.74, 6) is -2.52. The number of nitrogens with one attached hydrogen (secondary N) is 1. The lowest BCUT2D eigenvalue weighted by atomic mass is 10.0. The fourth-order valence-electron chi connectivity index (χ4n) is 3.05. The van der Waals surface area contributed by atoms with E-state index in [1.165, 1.54) is 34.8 Å². The number of benzene rings is 1. The number of rotatable bonds is 8. The maximum atomic E-state index is 14.5. The van der Waals surface area contributed by atoms with Gasteiger partial charge in [0.05, 0.1) is 12.7 Å². The Morgan fingerprint density at radius 1 is 1.22 bits per heavy atom. The van der Waals surface area contributed by atoms with E-state index in [1.54, 1.807) is 43.5 Å². The molecule has 9 heteroatoms. The number of likely N-dealkylation sites (N-methyl/N-ethyl adjacent to an activating group) is 1. The van der Waals surface area contributed by atoms with E-state index in [0.717, 1.165) is 6.20 Å². The SMILES string of the molecule is C=C[C@@H](C)[C@H](NC(=O)c1nn(Cc2ccc(F)cc2)cc1F)C(=O)N(C)c1ccccn1. The van der Waals surface area contributed by atoms with Crippen LogP contribution in [0.15, 0.2) is 67.5 Å². The van der Waals surface area contributed by atoms with Crippen molar-refractivity contribution in [2.75, 3.05) is 11.9 Å². The first-order valence-electron chi connectivity index (χ1n) is 9.89. The summed E-state index contributed by atoms with van der Waals surface area (Å²) >= 11 is 0. The van der Waals surface area contributed by atoms with Crippen molar-refractivity contribution in [3.05, 3.63) is 90.4 Å². The van der Waals surface area contributed by atoms with Gasteiger partial charge in [-0.15, -0.1) is 6.58 Å². The lowest BCUT2D eigenvalue weighted by Gasteiger charge is -2.26. The molecular weight excluding hydrogens is 416 g/mol. The van der Waals surface area contributed by atoms with E-state index in [9.17, 15) is 18.4 Å². The Kier molecular flexibility index (Phi) is 7.09. The van der Waals surface area contributed by atoms with Gasteiger partial charge in [-0.2, -0.15) is 5.10 Å². The fraction of sp³-hybridized carbons (Fsp3) is 0.217. The summed E-state index contributed by atoms with van der Waals surface area (Å²) in [6, 6.07) is 9.77. The van der Waals surface area contributed by atoms with Gasteiger partial charge in [-0.25, -0.2) is 13.8 Å². The Morgan fingerprint density at radius 3 is 2.56 bits per heavy atom. The molecular formula is C23H23F2N5O2. The van der Waals surface area contributed by atoms with E-state index in [2.05, 4.69) is 22.0 Å². The van der Waals surface area contributed by atoms with Crippen LogP contribution in [0.1, 0.15) is 23.0 Å². The molecule has 2 amide bonds. The summed E-state index contributed by atoms with van der Waals surface area (Å²) in [7, 11) is 1.54. The van der Waals surface area contributed by atoms with Crippen molar-refractivity contribution in [2.45, 2.75) is 19.5 Å². The van der Waals surface area contributed by atoms with Gasteiger partial charge in [0, 0.05) is 19.2 Å². The summed E-state index contributed by atoms with van der Waals surface area (Å²) in [6.45, 7) is 5.56. The molecule has 0 aliphatic carbocycles. The second kappa shape index (κ2) is 9.95. The monoisotopic (exact) mass is 439 g/mol. The first kappa shape index (κ1) is 22.8. The Bertz CT molecular complexity index is 1100. The highest BCUT2D eigenvalue weighted by atomic mass is 19.1. The minimum absolute atomic E-state index is 0.151. The first-order chi connectivity index (χ1) is 15.3. The molecule has 0 spiro atoms. The van der Waals surface area contributed by atoms with E-state index < -0.39 is 35.3 Å². The van der Waals surface area contributed by atoms with Crippen LogP contribution in [-0.2, 0) is 11.3 Å². The molecule has 0 bridgehead atoms. The summed E-state index contributed by atoms with van der Waals surface area (Å²) in [6.07, 6.45) is 4.15. The third-order valence-electron chi connectivity index (χ3n) is 4.96. The number of carbonyl (C=O) groups excluding carboxylic acids is 2. The summed E-state index contributed by atoms with van der Waals surface area (Å²) in [5, 5.41) is 6.57. The molecule has 7 nitrogen and oxygen atoms in total. The highest BCUT2D eigenvalue weighted by Crippen LogP contribution is 2.15. The van der Waals surface area contributed by atoms with Gasteiger partial charge in [0.2, 0.25) is 0 Å². The van der Waals surface area contributed by atoms with Crippen molar-refractivity contribution < 1.29 is 18.4 Å². The normalized spacial score (nSPS) is 12.6. The van der Waals surface area contributed by atoms with Crippen molar-refractivity contribution in [2.24, 2.45) is 5.92 Å². The zero-order valence-corrected chi connectivity index (χ0v) is 17.7. The first-order valence-corrected chi connectivity index (χ1v) is 9.89. The van der Waals surface area contributed by atoms with Crippen molar-refractivity contribution in [1.82, 2.24) is 20.1 Å². The molecule has 0 radical (unpaired) electrons. The molecule has 0 fully saturated rings. The third-order valence-corrected chi connectivity index (χ3v) is 4.96. The molecule has 1 N–H and O–H groups in total. The third kappa shape index (κ3) is 5.23. The molecule has 32 heavy (non-hydrogen) atoms. The second-order valence-electron chi connectivity index (χ2n) is 7.28. The van der Waals surface area contributed by atoms with Crippen LogP contribution in [0.5, 0.6) is 0 Å².